The maximum atomic E-state index is 11.5. The number of amides is 1. The lowest BCUT2D eigenvalue weighted by atomic mass is 9.94. The molecule has 0 aromatic heterocycles. The third kappa shape index (κ3) is 4.28. The van der Waals surface area contributed by atoms with E-state index < -0.39 is 11.9 Å². The van der Waals surface area contributed by atoms with Gasteiger partial charge in [0.2, 0.25) is 5.91 Å². The highest BCUT2D eigenvalue weighted by atomic mass is 16.5. The summed E-state index contributed by atoms with van der Waals surface area (Å²) in [5.74, 6) is -1.09. The molecule has 104 valence electrons. The molecule has 1 amide bonds. The molecule has 1 N–H and O–H groups in total. The normalized spacial score (nSPS) is 11.7. The van der Waals surface area contributed by atoms with E-state index in [0.717, 1.165) is 0 Å². The van der Waals surface area contributed by atoms with Crippen LogP contribution in [0.2, 0.25) is 0 Å². The Labute approximate surface area is 112 Å². The Balaban J connectivity index is 2.82. The summed E-state index contributed by atoms with van der Waals surface area (Å²) in [4.78, 5) is 24.3. The van der Waals surface area contributed by atoms with Gasteiger partial charge in [-0.15, -0.1) is 0 Å². The second-order valence-electron chi connectivity index (χ2n) is 4.49. The maximum absolute atomic E-state index is 11.5. The van der Waals surface area contributed by atoms with Crippen LogP contribution in [0.5, 0.6) is 5.75 Å². The van der Waals surface area contributed by atoms with Crippen LogP contribution in [0.4, 0.5) is 0 Å². The molecule has 0 bridgehead atoms. The Kier molecular flexibility index (Phi) is 5.36. The third-order valence-corrected chi connectivity index (χ3v) is 2.94. The number of aliphatic carboxylic acids is 1. The van der Waals surface area contributed by atoms with Crippen LogP contribution < -0.4 is 4.74 Å². The lowest BCUT2D eigenvalue weighted by Crippen LogP contribution is -2.23. The molecule has 0 radical (unpaired) electrons. The summed E-state index contributed by atoms with van der Waals surface area (Å²) in [6.45, 7) is 0. The van der Waals surface area contributed by atoms with E-state index in [1.165, 1.54) is 12.0 Å². The number of hydrogen-bond acceptors (Lipinski definition) is 3. The Hall–Kier alpha value is -2.04. The first-order chi connectivity index (χ1) is 8.95. The number of nitrogens with zero attached hydrogens (tertiary/aromatic N) is 1. The Bertz CT molecular complexity index is 457. The maximum Gasteiger partial charge on any atom is 0.310 e. The van der Waals surface area contributed by atoms with Crippen molar-refractivity contribution in [3.8, 4) is 5.75 Å². The lowest BCUT2D eigenvalue weighted by Gasteiger charge is -2.15. The molecular formula is C14H19NO4. The predicted molar refractivity (Wildman–Crippen MR) is 71.3 cm³/mol. The summed E-state index contributed by atoms with van der Waals surface area (Å²) in [7, 11) is 4.85. The summed E-state index contributed by atoms with van der Waals surface area (Å²) in [6, 6.07) is 6.94. The van der Waals surface area contributed by atoms with E-state index in [0.29, 0.717) is 11.3 Å². The van der Waals surface area contributed by atoms with Gasteiger partial charge in [-0.05, 0) is 24.1 Å². The molecule has 0 fully saturated rings. The van der Waals surface area contributed by atoms with Gasteiger partial charge in [-0.2, -0.15) is 0 Å². The quantitative estimate of drug-likeness (QED) is 0.850. The molecule has 0 saturated carbocycles. The van der Waals surface area contributed by atoms with Crippen LogP contribution in [0.1, 0.15) is 24.3 Å². The molecule has 1 aromatic carbocycles. The predicted octanol–water partition coefficient (Wildman–Crippen LogP) is 1.73. The van der Waals surface area contributed by atoms with Gasteiger partial charge in [0, 0.05) is 20.5 Å². The number of hydrogen-bond donors (Lipinski definition) is 1. The topological polar surface area (TPSA) is 66.8 Å². The zero-order valence-corrected chi connectivity index (χ0v) is 11.4. The van der Waals surface area contributed by atoms with Crippen LogP contribution in [0, 0.1) is 0 Å². The minimum atomic E-state index is -0.931. The zero-order valence-electron chi connectivity index (χ0n) is 11.4. The van der Waals surface area contributed by atoms with E-state index in [9.17, 15) is 14.7 Å². The summed E-state index contributed by atoms with van der Waals surface area (Å²) in [5.41, 5.74) is 0.651. The second-order valence-corrected chi connectivity index (χ2v) is 4.49. The van der Waals surface area contributed by atoms with Crippen LogP contribution in [0.15, 0.2) is 24.3 Å². The van der Waals surface area contributed by atoms with Gasteiger partial charge in [0.1, 0.15) is 5.75 Å². The number of carboxylic acid groups (broad SMARTS) is 1. The first-order valence-electron chi connectivity index (χ1n) is 6.02. The van der Waals surface area contributed by atoms with Crippen molar-refractivity contribution in [3.63, 3.8) is 0 Å². The number of carboxylic acids is 1. The van der Waals surface area contributed by atoms with Gasteiger partial charge < -0.3 is 14.7 Å². The van der Waals surface area contributed by atoms with Crippen molar-refractivity contribution in [3.05, 3.63) is 29.8 Å². The van der Waals surface area contributed by atoms with E-state index in [1.54, 1.807) is 38.4 Å². The highest BCUT2D eigenvalue weighted by Crippen LogP contribution is 2.25. The first-order valence-corrected chi connectivity index (χ1v) is 6.02. The van der Waals surface area contributed by atoms with E-state index in [4.69, 9.17) is 4.74 Å². The molecule has 0 saturated heterocycles. The summed E-state index contributed by atoms with van der Waals surface area (Å²) in [5, 5.41) is 9.28. The van der Waals surface area contributed by atoms with Crippen molar-refractivity contribution in [2.45, 2.75) is 18.8 Å². The van der Waals surface area contributed by atoms with Crippen LogP contribution in [0.3, 0.4) is 0 Å². The van der Waals surface area contributed by atoms with E-state index >= 15 is 0 Å². The minimum absolute atomic E-state index is 0.0749. The SMILES string of the molecule is COc1cccc(C(CCC(=O)N(C)C)C(=O)O)c1. The molecule has 1 unspecified atom stereocenters. The molecule has 0 aliphatic rings. The first kappa shape index (κ1) is 15.0. The Morgan fingerprint density at radius 2 is 2.05 bits per heavy atom. The molecule has 0 aliphatic carbocycles. The van der Waals surface area contributed by atoms with Crippen molar-refractivity contribution in [2.24, 2.45) is 0 Å². The molecule has 1 aromatic rings. The van der Waals surface area contributed by atoms with Gasteiger partial charge in [-0.3, -0.25) is 9.59 Å². The van der Waals surface area contributed by atoms with Crippen molar-refractivity contribution in [1.29, 1.82) is 0 Å². The van der Waals surface area contributed by atoms with E-state index in [1.807, 2.05) is 0 Å². The van der Waals surface area contributed by atoms with Gasteiger partial charge in [-0.1, -0.05) is 12.1 Å². The van der Waals surface area contributed by atoms with E-state index in [2.05, 4.69) is 0 Å². The monoisotopic (exact) mass is 265 g/mol. The molecule has 0 spiro atoms. The number of carbonyl (C=O) groups excluding carboxylic acids is 1. The molecule has 19 heavy (non-hydrogen) atoms. The lowest BCUT2D eigenvalue weighted by molar-refractivity contribution is -0.139. The van der Waals surface area contributed by atoms with Gasteiger partial charge in [0.25, 0.3) is 0 Å². The summed E-state index contributed by atoms with van der Waals surface area (Å²) in [6.07, 6.45) is 0.487. The molecule has 1 atom stereocenters. The van der Waals surface area contributed by atoms with Crippen LogP contribution in [-0.2, 0) is 9.59 Å². The number of carbonyl (C=O) groups is 2. The van der Waals surface area contributed by atoms with Crippen molar-refractivity contribution in [1.82, 2.24) is 4.90 Å². The van der Waals surface area contributed by atoms with Crippen molar-refractivity contribution in [2.75, 3.05) is 21.2 Å². The van der Waals surface area contributed by atoms with Crippen molar-refractivity contribution >= 4 is 11.9 Å². The van der Waals surface area contributed by atoms with Crippen LogP contribution in [0.25, 0.3) is 0 Å². The molecule has 0 aliphatic heterocycles. The molecule has 0 heterocycles. The highest BCUT2D eigenvalue weighted by molar-refractivity contribution is 5.79. The van der Waals surface area contributed by atoms with Gasteiger partial charge >= 0.3 is 5.97 Å². The highest BCUT2D eigenvalue weighted by Gasteiger charge is 2.21. The second kappa shape index (κ2) is 6.78. The third-order valence-electron chi connectivity index (χ3n) is 2.94. The summed E-state index contributed by atoms with van der Waals surface area (Å²) >= 11 is 0. The van der Waals surface area contributed by atoms with Gasteiger partial charge in [-0.25, -0.2) is 0 Å². The number of ether oxygens (including phenoxy) is 1. The number of rotatable bonds is 6. The standard InChI is InChI=1S/C14H19NO4/c1-15(2)13(16)8-7-12(14(17)18)10-5-4-6-11(9-10)19-3/h4-6,9,12H,7-8H2,1-3H3,(H,17,18). The summed E-state index contributed by atoms with van der Waals surface area (Å²) < 4.78 is 5.08. The van der Waals surface area contributed by atoms with E-state index in [-0.39, 0.29) is 18.7 Å². The van der Waals surface area contributed by atoms with Crippen LogP contribution >= 0.6 is 0 Å². The van der Waals surface area contributed by atoms with Gasteiger partial charge in [0.05, 0.1) is 13.0 Å². The Morgan fingerprint density at radius 1 is 1.37 bits per heavy atom. The molecular weight excluding hydrogens is 246 g/mol. The molecule has 5 heteroatoms. The molecule has 5 nitrogen and oxygen atoms in total. The smallest absolute Gasteiger partial charge is 0.310 e. The fourth-order valence-corrected chi connectivity index (χ4v) is 1.78. The zero-order chi connectivity index (χ0) is 14.4. The number of methoxy groups -OCH3 is 1. The average molecular weight is 265 g/mol. The Morgan fingerprint density at radius 3 is 2.58 bits per heavy atom. The number of benzene rings is 1. The minimum Gasteiger partial charge on any atom is -0.497 e. The average Bonchev–Trinajstić information content (AvgIpc) is 2.38. The fraction of sp³-hybridized carbons (Fsp3) is 0.429. The largest absolute Gasteiger partial charge is 0.497 e. The van der Waals surface area contributed by atoms with Gasteiger partial charge in [0.15, 0.2) is 0 Å². The molecule has 1 rings (SSSR count). The van der Waals surface area contributed by atoms with Crippen LogP contribution in [-0.4, -0.2) is 43.1 Å². The van der Waals surface area contributed by atoms with Crippen molar-refractivity contribution < 1.29 is 19.4 Å². The fourth-order valence-electron chi connectivity index (χ4n) is 1.78.